The summed E-state index contributed by atoms with van der Waals surface area (Å²) in [6, 6.07) is 6.34. The van der Waals surface area contributed by atoms with Gasteiger partial charge >= 0.3 is 0 Å². The lowest BCUT2D eigenvalue weighted by Crippen LogP contribution is -2.31. The first-order valence-corrected chi connectivity index (χ1v) is 7.60. The van der Waals surface area contributed by atoms with Crippen molar-refractivity contribution in [1.29, 1.82) is 0 Å². The second kappa shape index (κ2) is 5.25. The quantitative estimate of drug-likeness (QED) is 0.905. The van der Waals surface area contributed by atoms with Gasteiger partial charge in [-0.3, -0.25) is 0 Å². The van der Waals surface area contributed by atoms with Crippen LogP contribution in [0.3, 0.4) is 0 Å². The maximum absolute atomic E-state index is 6.14. The Labute approximate surface area is 131 Å². The van der Waals surface area contributed by atoms with Crippen molar-refractivity contribution < 1.29 is 0 Å². The number of nitrogens with two attached hydrogens (primary N) is 2. The number of nitrogen functional groups attached to an aromatic ring is 1. The average Bonchev–Trinajstić information content (AvgIpc) is 2.46. The second-order valence-electron chi connectivity index (χ2n) is 6.56. The van der Waals surface area contributed by atoms with Gasteiger partial charge in [-0.2, -0.15) is 0 Å². The maximum atomic E-state index is 6.14. The minimum atomic E-state index is -0.0899. The van der Waals surface area contributed by atoms with Crippen LogP contribution in [-0.4, -0.2) is 30.1 Å². The molecule has 0 bridgehead atoms. The van der Waals surface area contributed by atoms with Crippen molar-refractivity contribution in [1.82, 2.24) is 9.97 Å². The normalized spacial score (nSPS) is 15.1. The van der Waals surface area contributed by atoms with E-state index in [9.17, 15) is 0 Å². The Hall–Kier alpha value is -2.14. The van der Waals surface area contributed by atoms with Gasteiger partial charge in [0.25, 0.3) is 0 Å². The largest absolute Gasteiger partial charge is 0.383 e. The standard InChI is InChI=1S/C17H23N5/c1-17(2)9-12-11(15-14(17)16(19)21-10-20-15)5-4-6-13(12)22(3)8-7-18/h4-6,10H,7-9,18H2,1-3H3,(H2,19,20,21). The molecule has 0 radical (unpaired) electrons. The van der Waals surface area contributed by atoms with Gasteiger partial charge in [0.1, 0.15) is 12.1 Å². The number of anilines is 2. The molecule has 2 aromatic rings. The van der Waals surface area contributed by atoms with E-state index in [2.05, 4.69) is 54.0 Å². The molecule has 1 aliphatic rings. The van der Waals surface area contributed by atoms with Gasteiger partial charge < -0.3 is 16.4 Å². The van der Waals surface area contributed by atoms with Crippen molar-refractivity contribution in [2.75, 3.05) is 30.8 Å². The molecule has 0 saturated carbocycles. The zero-order valence-electron chi connectivity index (χ0n) is 13.4. The maximum Gasteiger partial charge on any atom is 0.131 e. The Morgan fingerprint density at radius 3 is 2.77 bits per heavy atom. The highest BCUT2D eigenvalue weighted by molar-refractivity contribution is 5.80. The number of likely N-dealkylation sites (N-methyl/N-ethyl adjacent to an activating group) is 1. The molecule has 0 aliphatic heterocycles. The van der Waals surface area contributed by atoms with E-state index in [1.165, 1.54) is 11.3 Å². The van der Waals surface area contributed by atoms with E-state index in [1.807, 2.05) is 0 Å². The smallest absolute Gasteiger partial charge is 0.131 e. The Morgan fingerprint density at radius 2 is 2.05 bits per heavy atom. The van der Waals surface area contributed by atoms with Crippen molar-refractivity contribution in [3.05, 3.63) is 35.7 Å². The van der Waals surface area contributed by atoms with Crippen LogP contribution in [0.1, 0.15) is 25.0 Å². The van der Waals surface area contributed by atoms with Crippen molar-refractivity contribution in [2.24, 2.45) is 5.73 Å². The topological polar surface area (TPSA) is 81.1 Å². The summed E-state index contributed by atoms with van der Waals surface area (Å²) in [6.45, 7) is 5.87. The Kier molecular flexibility index (Phi) is 3.53. The molecule has 116 valence electrons. The number of aromatic nitrogens is 2. The number of hydrogen-bond donors (Lipinski definition) is 2. The van der Waals surface area contributed by atoms with Gasteiger partial charge in [0.15, 0.2) is 0 Å². The molecule has 0 saturated heterocycles. The van der Waals surface area contributed by atoms with E-state index in [4.69, 9.17) is 11.5 Å². The molecule has 1 aliphatic carbocycles. The van der Waals surface area contributed by atoms with Crippen LogP contribution < -0.4 is 16.4 Å². The molecule has 3 rings (SSSR count). The summed E-state index contributed by atoms with van der Waals surface area (Å²) >= 11 is 0. The van der Waals surface area contributed by atoms with Gasteiger partial charge in [0.05, 0.1) is 5.69 Å². The highest BCUT2D eigenvalue weighted by Crippen LogP contribution is 2.46. The van der Waals surface area contributed by atoms with Gasteiger partial charge in [0.2, 0.25) is 0 Å². The molecule has 0 unspecified atom stereocenters. The van der Waals surface area contributed by atoms with Crippen molar-refractivity contribution in [2.45, 2.75) is 25.7 Å². The fraction of sp³-hybridized carbons (Fsp3) is 0.412. The summed E-state index contributed by atoms with van der Waals surface area (Å²) in [7, 11) is 2.08. The molecule has 1 aromatic carbocycles. The zero-order valence-corrected chi connectivity index (χ0v) is 13.4. The SMILES string of the molecule is CN(CCN)c1cccc2c1CC(C)(C)c1c(N)ncnc1-2. The first-order valence-electron chi connectivity index (χ1n) is 7.60. The second-order valence-corrected chi connectivity index (χ2v) is 6.56. The zero-order chi connectivity index (χ0) is 15.9. The van der Waals surface area contributed by atoms with Gasteiger partial charge in [0, 0.05) is 37.0 Å². The van der Waals surface area contributed by atoms with Crippen molar-refractivity contribution in [3.63, 3.8) is 0 Å². The lowest BCUT2D eigenvalue weighted by molar-refractivity contribution is 0.514. The van der Waals surface area contributed by atoms with Gasteiger partial charge in [-0.05, 0) is 23.5 Å². The van der Waals surface area contributed by atoms with E-state index < -0.39 is 0 Å². The number of fused-ring (bicyclic) bond motifs is 3. The predicted octanol–water partition coefficient (Wildman–Crippen LogP) is 1.95. The van der Waals surface area contributed by atoms with E-state index in [-0.39, 0.29) is 5.41 Å². The van der Waals surface area contributed by atoms with Crippen LogP contribution in [0.4, 0.5) is 11.5 Å². The lowest BCUT2D eigenvalue weighted by Gasteiger charge is -2.36. The fourth-order valence-corrected chi connectivity index (χ4v) is 3.45. The summed E-state index contributed by atoms with van der Waals surface area (Å²) < 4.78 is 0. The number of nitrogens with zero attached hydrogens (tertiary/aromatic N) is 3. The highest BCUT2D eigenvalue weighted by Gasteiger charge is 2.35. The lowest BCUT2D eigenvalue weighted by atomic mass is 9.71. The van der Waals surface area contributed by atoms with Crippen LogP contribution in [0.25, 0.3) is 11.3 Å². The summed E-state index contributed by atoms with van der Waals surface area (Å²) in [5.41, 5.74) is 17.5. The van der Waals surface area contributed by atoms with Crippen molar-refractivity contribution >= 4 is 11.5 Å². The van der Waals surface area contributed by atoms with Crippen LogP contribution in [-0.2, 0) is 11.8 Å². The summed E-state index contributed by atoms with van der Waals surface area (Å²) in [4.78, 5) is 10.9. The molecule has 22 heavy (non-hydrogen) atoms. The summed E-state index contributed by atoms with van der Waals surface area (Å²) in [5, 5.41) is 0. The third-order valence-electron chi connectivity index (χ3n) is 4.45. The number of rotatable bonds is 3. The molecule has 5 heteroatoms. The fourth-order valence-electron chi connectivity index (χ4n) is 3.45. The Bertz CT molecular complexity index is 708. The van der Waals surface area contributed by atoms with Crippen LogP contribution in [0.15, 0.2) is 24.5 Å². The van der Waals surface area contributed by atoms with Crippen LogP contribution >= 0.6 is 0 Å². The van der Waals surface area contributed by atoms with Gasteiger partial charge in [-0.1, -0.05) is 26.0 Å². The third-order valence-corrected chi connectivity index (χ3v) is 4.45. The molecule has 0 atom stereocenters. The average molecular weight is 297 g/mol. The number of benzene rings is 1. The molecule has 0 amide bonds. The minimum absolute atomic E-state index is 0.0899. The van der Waals surface area contributed by atoms with Crippen molar-refractivity contribution in [3.8, 4) is 11.3 Å². The number of hydrogen-bond acceptors (Lipinski definition) is 5. The van der Waals surface area contributed by atoms with E-state index in [0.717, 1.165) is 29.8 Å². The van der Waals surface area contributed by atoms with Gasteiger partial charge in [-0.25, -0.2) is 9.97 Å². The Balaban J connectivity index is 2.24. The molecular formula is C17H23N5. The molecular weight excluding hydrogens is 274 g/mol. The van der Waals surface area contributed by atoms with Crippen LogP contribution in [0.5, 0.6) is 0 Å². The van der Waals surface area contributed by atoms with E-state index >= 15 is 0 Å². The first-order chi connectivity index (χ1) is 10.5. The third kappa shape index (κ3) is 2.22. The highest BCUT2D eigenvalue weighted by atomic mass is 15.1. The minimum Gasteiger partial charge on any atom is -0.383 e. The molecule has 1 aromatic heterocycles. The molecule has 1 heterocycles. The van der Waals surface area contributed by atoms with Gasteiger partial charge in [-0.15, -0.1) is 0 Å². The molecule has 4 N–H and O–H groups in total. The summed E-state index contributed by atoms with van der Waals surface area (Å²) in [6.07, 6.45) is 2.47. The molecule has 5 nitrogen and oxygen atoms in total. The van der Waals surface area contributed by atoms with E-state index in [1.54, 1.807) is 6.33 Å². The molecule has 0 fully saturated rings. The predicted molar refractivity (Wildman–Crippen MR) is 90.9 cm³/mol. The first kappa shape index (κ1) is 14.8. The van der Waals surface area contributed by atoms with Crippen LogP contribution in [0, 0.1) is 0 Å². The van der Waals surface area contributed by atoms with Crippen LogP contribution in [0.2, 0.25) is 0 Å². The molecule has 0 spiro atoms. The Morgan fingerprint density at radius 1 is 1.27 bits per heavy atom. The monoisotopic (exact) mass is 297 g/mol. The summed E-state index contributed by atoms with van der Waals surface area (Å²) in [5.74, 6) is 0.585. The van der Waals surface area contributed by atoms with E-state index in [0.29, 0.717) is 12.4 Å².